The number of halogens is 1. The van der Waals surface area contributed by atoms with Crippen molar-refractivity contribution in [2.75, 3.05) is 19.6 Å². The summed E-state index contributed by atoms with van der Waals surface area (Å²) in [6, 6.07) is 13.0. The van der Waals surface area contributed by atoms with Crippen LogP contribution in [0.1, 0.15) is 25.8 Å². The van der Waals surface area contributed by atoms with Gasteiger partial charge in [-0.15, -0.1) is 0 Å². The summed E-state index contributed by atoms with van der Waals surface area (Å²) in [6.07, 6.45) is 0.540. The van der Waals surface area contributed by atoms with Crippen molar-refractivity contribution in [3.05, 3.63) is 53.1 Å². The molecule has 7 heteroatoms. The van der Waals surface area contributed by atoms with Gasteiger partial charge in [0.2, 0.25) is 0 Å². The van der Waals surface area contributed by atoms with Crippen molar-refractivity contribution in [3.8, 4) is 11.5 Å². The Bertz CT molecular complexity index is 978. The number of aliphatic carboxylic acids is 1. The molecule has 0 aliphatic carbocycles. The zero-order valence-corrected chi connectivity index (χ0v) is 17.2. The Kier molecular flexibility index (Phi) is 5.23. The van der Waals surface area contributed by atoms with Crippen LogP contribution in [0.3, 0.4) is 0 Å². The number of benzene rings is 2. The summed E-state index contributed by atoms with van der Waals surface area (Å²) in [7, 11) is 0. The van der Waals surface area contributed by atoms with Crippen LogP contribution in [0, 0.1) is 5.41 Å². The summed E-state index contributed by atoms with van der Waals surface area (Å²) in [4.78, 5) is 19.0. The van der Waals surface area contributed by atoms with E-state index in [-0.39, 0.29) is 6.04 Å². The Balaban J connectivity index is 1.77. The number of nitrogens with zero attached hydrogens (tertiary/aromatic N) is 2. The first-order chi connectivity index (χ1) is 13.9. The largest absolute Gasteiger partial charge is 0.481 e. The van der Waals surface area contributed by atoms with Crippen LogP contribution in [-0.4, -0.2) is 47.5 Å². The number of para-hydroxylation sites is 1. The molecule has 0 aromatic heterocycles. The second-order valence-corrected chi connectivity index (χ2v) is 8.11. The molecule has 0 spiro atoms. The molecule has 2 aromatic rings. The Morgan fingerprint density at radius 3 is 2.90 bits per heavy atom. The fourth-order valence-electron chi connectivity index (χ4n) is 3.85. The highest BCUT2D eigenvalue weighted by molar-refractivity contribution is 6.31. The molecular weight excluding hydrogens is 390 g/mol. The lowest BCUT2D eigenvalue weighted by Crippen LogP contribution is -2.60. The summed E-state index contributed by atoms with van der Waals surface area (Å²) in [5.41, 5.74) is 0.686. The number of carboxylic acids is 1. The molecule has 2 N–H and O–H groups in total. The molecular formula is C22H24ClN3O3. The first kappa shape index (κ1) is 19.7. The summed E-state index contributed by atoms with van der Waals surface area (Å²) < 4.78 is 6.12. The van der Waals surface area contributed by atoms with Gasteiger partial charge >= 0.3 is 5.97 Å². The highest BCUT2D eigenvalue weighted by Gasteiger charge is 2.42. The fraction of sp³-hybridized carbons (Fsp3) is 0.364. The van der Waals surface area contributed by atoms with Crippen LogP contribution in [-0.2, 0) is 4.79 Å². The normalized spacial score (nSPS) is 20.4. The average molecular weight is 414 g/mol. The van der Waals surface area contributed by atoms with Crippen molar-refractivity contribution in [2.24, 2.45) is 10.4 Å². The number of fused-ring (bicyclic) bond motifs is 2. The Morgan fingerprint density at radius 1 is 1.34 bits per heavy atom. The monoisotopic (exact) mass is 413 g/mol. The molecule has 2 atom stereocenters. The van der Waals surface area contributed by atoms with Crippen molar-refractivity contribution in [1.29, 1.82) is 0 Å². The van der Waals surface area contributed by atoms with E-state index in [1.165, 1.54) is 0 Å². The second-order valence-electron chi connectivity index (χ2n) is 7.67. The molecule has 1 fully saturated rings. The zero-order valence-electron chi connectivity index (χ0n) is 16.5. The van der Waals surface area contributed by atoms with E-state index < -0.39 is 11.4 Å². The van der Waals surface area contributed by atoms with Crippen LogP contribution >= 0.6 is 11.6 Å². The van der Waals surface area contributed by atoms with Crippen molar-refractivity contribution in [3.63, 3.8) is 0 Å². The van der Waals surface area contributed by atoms with Crippen LogP contribution in [0.15, 0.2) is 47.5 Å². The molecule has 0 amide bonds. The quantitative estimate of drug-likeness (QED) is 0.784. The van der Waals surface area contributed by atoms with Gasteiger partial charge in [-0.1, -0.05) is 30.7 Å². The first-order valence-electron chi connectivity index (χ1n) is 9.79. The maximum atomic E-state index is 12.0. The molecule has 29 heavy (non-hydrogen) atoms. The number of amidine groups is 1. The van der Waals surface area contributed by atoms with Gasteiger partial charge in [-0.2, -0.15) is 0 Å². The third-order valence-corrected chi connectivity index (χ3v) is 6.20. The minimum Gasteiger partial charge on any atom is -0.481 e. The van der Waals surface area contributed by atoms with Crippen LogP contribution in [0.2, 0.25) is 5.02 Å². The predicted molar refractivity (Wildman–Crippen MR) is 114 cm³/mol. The van der Waals surface area contributed by atoms with E-state index >= 15 is 0 Å². The van der Waals surface area contributed by atoms with Crippen LogP contribution < -0.4 is 10.1 Å². The molecule has 2 aliphatic heterocycles. The van der Waals surface area contributed by atoms with E-state index in [4.69, 9.17) is 21.3 Å². The number of ether oxygens (including phenoxy) is 1. The van der Waals surface area contributed by atoms with Gasteiger partial charge in [0.05, 0.1) is 11.0 Å². The Labute approximate surface area is 175 Å². The van der Waals surface area contributed by atoms with Gasteiger partial charge in [0.25, 0.3) is 0 Å². The summed E-state index contributed by atoms with van der Waals surface area (Å²) in [6.45, 7) is 5.66. The summed E-state index contributed by atoms with van der Waals surface area (Å²) in [5.74, 6) is 1.35. The third-order valence-electron chi connectivity index (χ3n) is 5.96. The number of hydrogen-bond acceptors (Lipinski definition) is 5. The highest BCUT2D eigenvalue weighted by Crippen LogP contribution is 2.40. The third kappa shape index (κ3) is 3.58. The molecule has 152 valence electrons. The van der Waals surface area contributed by atoms with Gasteiger partial charge in [0.1, 0.15) is 17.3 Å². The number of nitrogens with one attached hydrogen (secondary N) is 1. The van der Waals surface area contributed by atoms with E-state index in [2.05, 4.69) is 10.2 Å². The Hall–Kier alpha value is -2.57. The average Bonchev–Trinajstić information content (AvgIpc) is 2.89. The molecule has 4 rings (SSSR count). The van der Waals surface area contributed by atoms with Gasteiger partial charge < -0.3 is 20.1 Å². The lowest BCUT2D eigenvalue weighted by atomic mass is 9.78. The highest BCUT2D eigenvalue weighted by atomic mass is 35.5. The summed E-state index contributed by atoms with van der Waals surface area (Å²) >= 11 is 6.20. The topological polar surface area (TPSA) is 74.2 Å². The van der Waals surface area contributed by atoms with Crippen molar-refractivity contribution in [2.45, 2.75) is 26.3 Å². The molecule has 2 aromatic carbocycles. The fourth-order valence-corrected chi connectivity index (χ4v) is 4.02. The van der Waals surface area contributed by atoms with Crippen LogP contribution in [0.4, 0.5) is 5.69 Å². The van der Waals surface area contributed by atoms with Crippen molar-refractivity contribution < 1.29 is 14.6 Å². The molecule has 2 heterocycles. The van der Waals surface area contributed by atoms with Crippen molar-refractivity contribution in [1.82, 2.24) is 10.2 Å². The SMILES string of the molecule is CC[C@@](C)(C(=O)O)[C@@H]1CN(C2=Nc3cc(Cl)ccc3Oc3ccccc32)CCN1. The lowest BCUT2D eigenvalue weighted by molar-refractivity contribution is -0.150. The lowest BCUT2D eigenvalue weighted by Gasteiger charge is -2.42. The number of aliphatic imine (C=N–C) groups is 1. The van der Waals surface area contributed by atoms with Crippen LogP contribution in [0.5, 0.6) is 11.5 Å². The van der Waals surface area contributed by atoms with E-state index in [1.807, 2.05) is 37.3 Å². The molecule has 0 saturated carbocycles. The molecule has 0 bridgehead atoms. The molecule has 0 unspecified atom stereocenters. The van der Waals surface area contributed by atoms with Gasteiger partial charge in [-0.05, 0) is 43.7 Å². The van der Waals surface area contributed by atoms with Gasteiger partial charge in [0.15, 0.2) is 5.75 Å². The van der Waals surface area contributed by atoms with E-state index in [0.29, 0.717) is 36.0 Å². The number of piperazine rings is 1. The number of rotatable bonds is 3. The molecule has 1 saturated heterocycles. The molecule has 6 nitrogen and oxygen atoms in total. The smallest absolute Gasteiger partial charge is 0.310 e. The Morgan fingerprint density at radius 2 is 2.14 bits per heavy atom. The first-order valence-corrected chi connectivity index (χ1v) is 10.2. The van der Waals surface area contributed by atoms with Gasteiger partial charge in [-0.3, -0.25) is 4.79 Å². The maximum Gasteiger partial charge on any atom is 0.310 e. The number of hydrogen-bond donors (Lipinski definition) is 2. The predicted octanol–water partition coefficient (Wildman–Crippen LogP) is 4.30. The second kappa shape index (κ2) is 7.69. The maximum absolute atomic E-state index is 12.0. The zero-order chi connectivity index (χ0) is 20.6. The molecule has 2 aliphatic rings. The minimum absolute atomic E-state index is 0.198. The van der Waals surface area contributed by atoms with Gasteiger partial charge in [0, 0.05) is 30.7 Å². The van der Waals surface area contributed by atoms with E-state index in [1.54, 1.807) is 19.1 Å². The van der Waals surface area contributed by atoms with E-state index in [0.717, 1.165) is 23.7 Å². The number of carbonyl (C=O) groups is 1. The number of carboxylic acid groups (broad SMARTS) is 1. The minimum atomic E-state index is -0.860. The van der Waals surface area contributed by atoms with Gasteiger partial charge in [-0.25, -0.2) is 4.99 Å². The standard InChI is InChI=1S/C22H24ClN3O3/c1-3-22(2,21(27)28)19-13-26(11-10-24-19)20-15-6-4-5-7-17(15)29-18-9-8-14(23)12-16(18)25-20/h4-9,12,19,24H,3,10-11,13H2,1-2H3,(H,27,28)/t19-,22+/m0/s1. The van der Waals surface area contributed by atoms with E-state index in [9.17, 15) is 9.90 Å². The molecule has 0 radical (unpaired) electrons. The van der Waals surface area contributed by atoms with Crippen LogP contribution in [0.25, 0.3) is 0 Å². The summed E-state index contributed by atoms with van der Waals surface area (Å²) in [5, 5.41) is 13.8. The van der Waals surface area contributed by atoms with Crippen molar-refractivity contribution >= 4 is 29.1 Å².